The summed E-state index contributed by atoms with van der Waals surface area (Å²) in [6.45, 7) is 2.46. The molecule has 5 heteroatoms. The van der Waals surface area contributed by atoms with Crippen molar-refractivity contribution in [2.45, 2.75) is 19.5 Å². The van der Waals surface area contributed by atoms with Gasteiger partial charge < -0.3 is 14.3 Å². The number of rotatable bonds is 5. The van der Waals surface area contributed by atoms with E-state index < -0.39 is 0 Å². The molecule has 0 saturated carbocycles. The second-order valence-corrected chi connectivity index (χ2v) is 6.13. The van der Waals surface area contributed by atoms with Gasteiger partial charge in [0.2, 0.25) is 0 Å². The van der Waals surface area contributed by atoms with Gasteiger partial charge in [0, 0.05) is 0 Å². The Balaban J connectivity index is 1.69. The normalized spacial score (nSPS) is 12.2. The number of aromatic nitrogens is 2. The van der Waals surface area contributed by atoms with Crippen LogP contribution in [0.1, 0.15) is 34.9 Å². The monoisotopic (exact) mass is 345 g/mol. The summed E-state index contributed by atoms with van der Waals surface area (Å²) in [6.07, 6.45) is 1.49. The minimum atomic E-state index is -0.249. The van der Waals surface area contributed by atoms with Gasteiger partial charge in [-0.15, -0.1) is 0 Å². The molecule has 1 atom stereocenters. The van der Waals surface area contributed by atoms with Gasteiger partial charge in [0.1, 0.15) is 5.82 Å². The number of hydrogen-bond acceptors (Lipinski definition) is 3. The van der Waals surface area contributed by atoms with E-state index in [2.05, 4.69) is 35.0 Å². The number of fused-ring (bicyclic) bond motifs is 1. The molecule has 0 fully saturated rings. The van der Waals surface area contributed by atoms with Crippen LogP contribution in [-0.2, 0) is 6.54 Å². The molecule has 0 aliphatic heterocycles. The number of hydrogen-bond donors (Lipinski definition) is 1. The second-order valence-electron chi connectivity index (χ2n) is 6.13. The first kappa shape index (κ1) is 16.1. The van der Waals surface area contributed by atoms with Crippen molar-refractivity contribution in [1.29, 1.82) is 0 Å². The van der Waals surface area contributed by atoms with Crippen LogP contribution in [0.2, 0.25) is 0 Å². The number of nitrogens with one attached hydrogen (secondary N) is 1. The number of para-hydroxylation sites is 2. The summed E-state index contributed by atoms with van der Waals surface area (Å²) < 4.78 is 7.32. The molecule has 26 heavy (non-hydrogen) atoms. The molecule has 130 valence electrons. The molecule has 0 aliphatic carbocycles. The minimum Gasteiger partial charge on any atom is -0.459 e. The molecule has 2 heterocycles. The van der Waals surface area contributed by atoms with Crippen LogP contribution >= 0.6 is 0 Å². The predicted molar refractivity (Wildman–Crippen MR) is 99.9 cm³/mol. The molecular formula is C21H19N3O2. The lowest BCUT2D eigenvalue weighted by molar-refractivity contribution is 0.0921. The van der Waals surface area contributed by atoms with Crippen molar-refractivity contribution in [3.8, 4) is 0 Å². The van der Waals surface area contributed by atoms with Crippen molar-refractivity contribution in [3.63, 3.8) is 0 Å². The zero-order valence-electron chi connectivity index (χ0n) is 14.4. The molecule has 4 rings (SSSR count). The lowest BCUT2D eigenvalue weighted by Crippen LogP contribution is -2.25. The van der Waals surface area contributed by atoms with Crippen LogP contribution < -0.4 is 5.32 Å². The Bertz CT molecular complexity index is 1020. The number of amides is 1. The highest BCUT2D eigenvalue weighted by Crippen LogP contribution is 2.26. The molecule has 1 N–H and O–H groups in total. The first-order chi connectivity index (χ1) is 12.7. The number of nitrogens with zero attached hydrogens (tertiary/aromatic N) is 2. The van der Waals surface area contributed by atoms with E-state index in [0.717, 1.165) is 16.9 Å². The van der Waals surface area contributed by atoms with Crippen molar-refractivity contribution >= 4 is 16.9 Å². The molecule has 0 unspecified atom stereocenters. The maximum atomic E-state index is 12.2. The van der Waals surface area contributed by atoms with Crippen molar-refractivity contribution in [3.05, 3.63) is 90.1 Å². The second kappa shape index (κ2) is 6.88. The zero-order chi connectivity index (χ0) is 17.9. The largest absolute Gasteiger partial charge is 0.459 e. The lowest BCUT2D eigenvalue weighted by atomic mass is 10.1. The molecule has 0 spiro atoms. The Morgan fingerprint density at radius 2 is 1.85 bits per heavy atom. The van der Waals surface area contributed by atoms with Crippen molar-refractivity contribution in [2.75, 3.05) is 0 Å². The van der Waals surface area contributed by atoms with Crippen LogP contribution in [0.25, 0.3) is 11.0 Å². The minimum absolute atomic E-state index is 0.0964. The van der Waals surface area contributed by atoms with Gasteiger partial charge in [-0.2, -0.15) is 0 Å². The van der Waals surface area contributed by atoms with E-state index in [9.17, 15) is 4.79 Å². The molecular weight excluding hydrogens is 326 g/mol. The van der Waals surface area contributed by atoms with Crippen LogP contribution in [0, 0.1) is 0 Å². The van der Waals surface area contributed by atoms with Gasteiger partial charge in [-0.05, 0) is 36.8 Å². The third kappa shape index (κ3) is 2.99. The molecule has 0 saturated heterocycles. The Morgan fingerprint density at radius 3 is 2.62 bits per heavy atom. The Morgan fingerprint density at radius 1 is 1.08 bits per heavy atom. The van der Waals surface area contributed by atoms with E-state index in [1.165, 1.54) is 11.8 Å². The van der Waals surface area contributed by atoms with E-state index in [4.69, 9.17) is 9.40 Å². The topological polar surface area (TPSA) is 60.1 Å². The number of carbonyl (C=O) groups excluding carboxylic acids is 1. The van der Waals surface area contributed by atoms with Crippen molar-refractivity contribution in [2.24, 2.45) is 0 Å². The fourth-order valence-corrected chi connectivity index (χ4v) is 3.19. The van der Waals surface area contributed by atoms with E-state index in [0.29, 0.717) is 12.3 Å². The Hall–Kier alpha value is -3.34. The first-order valence-corrected chi connectivity index (χ1v) is 8.56. The third-order valence-corrected chi connectivity index (χ3v) is 4.49. The van der Waals surface area contributed by atoms with E-state index in [1.807, 2.05) is 36.4 Å². The highest BCUT2D eigenvalue weighted by Gasteiger charge is 2.18. The zero-order valence-corrected chi connectivity index (χ0v) is 14.4. The number of furan rings is 1. The van der Waals surface area contributed by atoms with Crippen LogP contribution in [-0.4, -0.2) is 15.5 Å². The third-order valence-electron chi connectivity index (χ3n) is 4.49. The SMILES string of the molecule is C[C@@H](c1ccccc1)n1c(CNC(=O)c2ccco2)nc2ccccc21. The highest BCUT2D eigenvalue weighted by molar-refractivity contribution is 5.91. The van der Waals surface area contributed by atoms with Gasteiger partial charge in [0.15, 0.2) is 5.76 Å². The summed E-state index contributed by atoms with van der Waals surface area (Å²) in [6, 6.07) is 21.7. The summed E-state index contributed by atoms with van der Waals surface area (Å²) in [7, 11) is 0. The number of benzene rings is 2. The maximum Gasteiger partial charge on any atom is 0.287 e. The summed E-state index contributed by atoms with van der Waals surface area (Å²) in [5.41, 5.74) is 3.15. The molecule has 2 aromatic heterocycles. The van der Waals surface area contributed by atoms with Gasteiger partial charge in [-0.3, -0.25) is 4.79 Å². The number of imidazole rings is 1. The maximum absolute atomic E-state index is 12.2. The fourth-order valence-electron chi connectivity index (χ4n) is 3.19. The van der Waals surface area contributed by atoms with Crippen molar-refractivity contribution < 1.29 is 9.21 Å². The van der Waals surface area contributed by atoms with Crippen LogP contribution in [0.4, 0.5) is 0 Å². The molecule has 0 bridgehead atoms. The van der Waals surface area contributed by atoms with Gasteiger partial charge in [0.05, 0.1) is 29.9 Å². The van der Waals surface area contributed by atoms with Crippen LogP contribution in [0.3, 0.4) is 0 Å². The summed E-state index contributed by atoms with van der Waals surface area (Å²) in [4.78, 5) is 16.9. The molecule has 0 radical (unpaired) electrons. The molecule has 0 aliphatic rings. The van der Waals surface area contributed by atoms with Crippen molar-refractivity contribution in [1.82, 2.24) is 14.9 Å². The quantitative estimate of drug-likeness (QED) is 0.590. The lowest BCUT2D eigenvalue weighted by Gasteiger charge is -2.18. The Labute approximate surface area is 151 Å². The van der Waals surface area contributed by atoms with Gasteiger partial charge in [-0.1, -0.05) is 42.5 Å². The predicted octanol–water partition coefficient (Wildman–Crippen LogP) is 4.17. The smallest absolute Gasteiger partial charge is 0.287 e. The van der Waals surface area contributed by atoms with Crippen LogP contribution in [0.5, 0.6) is 0 Å². The highest BCUT2D eigenvalue weighted by atomic mass is 16.3. The summed E-state index contributed by atoms with van der Waals surface area (Å²) in [5, 5.41) is 2.89. The average molecular weight is 345 g/mol. The molecule has 5 nitrogen and oxygen atoms in total. The van der Waals surface area contributed by atoms with E-state index in [-0.39, 0.29) is 11.9 Å². The molecule has 2 aromatic carbocycles. The van der Waals surface area contributed by atoms with Gasteiger partial charge >= 0.3 is 0 Å². The van der Waals surface area contributed by atoms with Gasteiger partial charge in [-0.25, -0.2) is 4.98 Å². The van der Waals surface area contributed by atoms with Crippen LogP contribution in [0.15, 0.2) is 77.4 Å². The summed E-state index contributed by atoms with van der Waals surface area (Å²) in [5.74, 6) is 0.854. The van der Waals surface area contributed by atoms with E-state index in [1.54, 1.807) is 12.1 Å². The van der Waals surface area contributed by atoms with Gasteiger partial charge in [0.25, 0.3) is 5.91 Å². The molecule has 1 amide bonds. The molecule has 4 aromatic rings. The first-order valence-electron chi connectivity index (χ1n) is 8.56. The summed E-state index contributed by atoms with van der Waals surface area (Å²) >= 11 is 0. The average Bonchev–Trinajstić information content (AvgIpc) is 3.34. The van der Waals surface area contributed by atoms with E-state index >= 15 is 0 Å². The number of carbonyl (C=O) groups is 1. The standard InChI is InChI=1S/C21H19N3O2/c1-15(16-8-3-2-4-9-16)24-18-11-6-5-10-17(18)23-20(24)14-22-21(25)19-12-7-13-26-19/h2-13,15H,14H2,1H3,(H,22,25)/t15-/m0/s1. The Kier molecular flexibility index (Phi) is 4.27. The fraction of sp³-hybridized carbons (Fsp3) is 0.143.